The highest BCUT2D eigenvalue weighted by molar-refractivity contribution is 7.17. The summed E-state index contributed by atoms with van der Waals surface area (Å²) < 4.78 is 2.47. The zero-order valence-corrected chi connectivity index (χ0v) is 30.7. The lowest BCUT2D eigenvalue weighted by atomic mass is 9.86. The predicted molar refractivity (Wildman–Crippen MR) is 211 cm³/mol. The highest BCUT2D eigenvalue weighted by Crippen LogP contribution is 2.41. The first-order valence-corrected chi connectivity index (χ1v) is 19.8. The second-order valence-electron chi connectivity index (χ2n) is 14.1. The zero-order chi connectivity index (χ0) is 34.5. The molecule has 0 aliphatic carbocycles. The molecule has 0 saturated carbocycles. The Balaban J connectivity index is 1.05. The van der Waals surface area contributed by atoms with Crippen molar-refractivity contribution in [3.63, 3.8) is 0 Å². The zero-order valence-electron chi connectivity index (χ0n) is 29.0. The fraction of sp³-hybridized carbons (Fsp3) is 0.279. The molecule has 0 bridgehead atoms. The van der Waals surface area contributed by atoms with E-state index in [9.17, 15) is 5.11 Å². The van der Waals surface area contributed by atoms with Crippen LogP contribution in [0, 0.1) is 0 Å². The van der Waals surface area contributed by atoms with Crippen molar-refractivity contribution in [2.45, 2.75) is 51.6 Å². The topological polar surface area (TPSA) is 65.4 Å². The van der Waals surface area contributed by atoms with E-state index in [0.717, 1.165) is 79.7 Å². The minimum Gasteiger partial charge on any atom is -0.508 e. The number of fused-ring (bicyclic) bond motifs is 4. The number of aromatic nitrogens is 3. The van der Waals surface area contributed by atoms with Crippen LogP contribution in [-0.4, -0.2) is 56.0 Å². The average molecular weight is 708 g/mol. The van der Waals surface area contributed by atoms with Gasteiger partial charge in [0.15, 0.2) is 0 Å². The predicted octanol–water partition coefficient (Wildman–Crippen LogP) is 9.66. The van der Waals surface area contributed by atoms with Crippen LogP contribution in [0.25, 0.3) is 42.8 Å². The van der Waals surface area contributed by atoms with Crippen molar-refractivity contribution in [1.82, 2.24) is 24.8 Å². The van der Waals surface area contributed by atoms with E-state index in [0.29, 0.717) is 11.8 Å². The van der Waals surface area contributed by atoms with E-state index in [2.05, 4.69) is 94.3 Å². The molecule has 51 heavy (non-hydrogen) atoms. The van der Waals surface area contributed by atoms with Crippen molar-refractivity contribution in [3.05, 3.63) is 129 Å². The monoisotopic (exact) mass is 707 g/mol. The van der Waals surface area contributed by atoms with E-state index >= 15 is 0 Å². The van der Waals surface area contributed by atoms with Gasteiger partial charge in [-0.2, -0.15) is 0 Å². The Morgan fingerprint density at radius 3 is 1.78 bits per heavy atom. The normalized spacial score (nSPS) is 16.7. The number of benzene rings is 4. The first-order chi connectivity index (χ1) is 25.0. The number of hydrogen-bond donors (Lipinski definition) is 1. The number of nitrogens with zero attached hydrogens (tertiary/aromatic N) is 5. The molecule has 2 atom stereocenters. The molecule has 7 aromatic rings. The summed E-state index contributed by atoms with van der Waals surface area (Å²) in [6, 6.07) is 29.1. The summed E-state index contributed by atoms with van der Waals surface area (Å²) in [4.78, 5) is 19.2. The van der Waals surface area contributed by atoms with Crippen molar-refractivity contribution in [1.29, 1.82) is 0 Å². The van der Waals surface area contributed by atoms with Crippen LogP contribution < -0.4 is 0 Å². The molecule has 2 aliphatic rings. The molecule has 3 aromatic heterocycles. The molecule has 9 rings (SSSR count). The van der Waals surface area contributed by atoms with E-state index < -0.39 is 0 Å². The van der Waals surface area contributed by atoms with Gasteiger partial charge < -0.3 is 5.11 Å². The molecule has 2 unspecified atom stereocenters. The lowest BCUT2D eigenvalue weighted by Crippen LogP contribution is -2.29. The van der Waals surface area contributed by atoms with Gasteiger partial charge in [-0.15, -0.1) is 22.7 Å². The van der Waals surface area contributed by atoms with Crippen LogP contribution in [0.4, 0.5) is 0 Å². The van der Waals surface area contributed by atoms with Gasteiger partial charge in [0, 0.05) is 50.0 Å². The van der Waals surface area contributed by atoms with Crippen LogP contribution in [0.5, 0.6) is 5.75 Å². The minimum absolute atomic E-state index is 0.271. The molecule has 256 valence electrons. The first-order valence-electron chi connectivity index (χ1n) is 18.1. The van der Waals surface area contributed by atoms with Gasteiger partial charge in [0.2, 0.25) is 0 Å². The quantitative estimate of drug-likeness (QED) is 0.186. The SMILES string of the molecule is CC(c1ccc2scnc2c1)N1CCc2cc(-c3ccccn3)c(-c3cc(O)cc4c3CCN(C(C)c3ccc5scnc5c3)CC4)cc2CC1. The second-order valence-corrected chi connectivity index (χ2v) is 15.9. The van der Waals surface area contributed by atoms with Crippen molar-refractivity contribution in [3.8, 4) is 28.1 Å². The fourth-order valence-electron chi connectivity index (χ4n) is 8.32. The third kappa shape index (κ3) is 6.25. The molecule has 0 radical (unpaired) electrons. The second kappa shape index (κ2) is 13.6. The van der Waals surface area contributed by atoms with E-state index in [1.807, 2.05) is 35.4 Å². The molecular formula is C43H41N5OS2. The van der Waals surface area contributed by atoms with Gasteiger partial charge in [-0.3, -0.25) is 14.8 Å². The molecule has 6 nitrogen and oxygen atoms in total. The Hall–Kier alpha value is -4.47. The number of rotatable bonds is 6. The lowest BCUT2D eigenvalue weighted by Gasteiger charge is -2.28. The molecule has 8 heteroatoms. The van der Waals surface area contributed by atoms with Gasteiger partial charge in [0.1, 0.15) is 5.75 Å². The summed E-state index contributed by atoms with van der Waals surface area (Å²) in [6.07, 6.45) is 5.66. The van der Waals surface area contributed by atoms with E-state index in [4.69, 9.17) is 4.98 Å². The van der Waals surface area contributed by atoms with Gasteiger partial charge in [-0.25, -0.2) is 9.97 Å². The van der Waals surface area contributed by atoms with Crippen LogP contribution in [0.1, 0.15) is 59.3 Å². The third-order valence-electron chi connectivity index (χ3n) is 11.3. The third-order valence-corrected chi connectivity index (χ3v) is 12.9. The fourth-order valence-corrected chi connectivity index (χ4v) is 9.64. The maximum atomic E-state index is 11.2. The average Bonchev–Trinajstić information content (AvgIpc) is 3.72. The van der Waals surface area contributed by atoms with Gasteiger partial charge in [0.25, 0.3) is 0 Å². The Labute approximate surface area is 307 Å². The molecule has 0 amide bonds. The van der Waals surface area contributed by atoms with Crippen LogP contribution in [0.15, 0.2) is 96.1 Å². The smallest absolute Gasteiger partial charge is 0.116 e. The highest BCUT2D eigenvalue weighted by Gasteiger charge is 2.26. The van der Waals surface area contributed by atoms with E-state index in [1.165, 1.54) is 48.3 Å². The summed E-state index contributed by atoms with van der Waals surface area (Å²) in [7, 11) is 0. The van der Waals surface area contributed by atoms with Crippen LogP contribution in [-0.2, 0) is 25.7 Å². The standard InChI is InChI=1S/C43H41N5OS2/c1-27(29-6-8-42-40(22-29)45-25-50-42)47-15-10-31-20-36(38(21-32(31)11-16-47)39-5-3-4-14-44-39)37-24-34(49)19-33-12-17-48(18-13-35(33)37)28(2)30-7-9-43-41(23-30)46-26-51-43/h3-9,14,19-28,49H,10-13,15-18H2,1-2H3. The van der Waals surface area contributed by atoms with Gasteiger partial charge in [0.05, 0.1) is 37.1 Å². The maximum absolute atomic E-state index is 11.2. The molecule has 0 fully saturated rings. The van der Waals surface area contributed by atoms with Crippen LogP contribution in [0.2, 0.25) is 0 Å². The number of phenolic OH excluding ortho intramolecular Hbond substituents is 1. The van der Waals surface area contributed by atoms with Crippen molar-refractivity contribution < 1.29 is 5.11 Å². The van der Waals surface area contributed by atoms with Gasteiger partial charge >= 0.3 is 0 Å². The maximum Gasteiger partial charge on any atom is 0.116 e. The van der Waals surface area contributed by atoms with Crippen molar-refractivity contribution in [2.24, 2.45) is 0 Å². The lowest BCUT2D eigenvalue weighted by molar-refractivity contribution is 0.221. The van der Waals surface area contributed by atoms with Gasteiger partial charge in [-0.1, -0.05) is 24.3 Å². The number of thiazole rings is 2. The Morgan fingerprint density at radius 1 is 0.588 bits per heavy atom. The summed E-state index contributed by atoms with van der Waals surface area (Å²) in [5.41, 5.74) is 18.5. The van der Waals surface area contributed by atoms with Crippen LogP contribution in [0.3, 0.4) is 0 Å². The molecule has 2 aliphatic heterocycles. The summed E-state index contributed by atoms with van der Waals surface area (Å²) in [6.45, 7) is 8.52. The number of aromatic hydroxyl groups is 1. The minimum atomic E-state index is 0.271. The molecule has 0 spiro atoms. The molecule has 1 N–H and O–H groups in total. The van der Waals surface area contributed by atoms with Crippen molar-refractivity contribution in [2.75, 3.05) is 26.2 Å². The Kier molecular flexibility index (Phi) is 8.64. The summed E-state index contributed by atoms with van der Waals surface area (Å²) in [5, 5.41) is 11.2. The molecule has 4 aromatic carbocycles. The number of phenols is 1. The first kappa shape index (κ1) is 32.4. The van der Waals surface area contributed by atoms with Crippen molar-refractivity contribution >= 4 is 43.1 Å². The summed E-state index contributed by atoms with van der Waals surface area (Å²) >= 11 is 3.39. The largest absolute Gasteiger partial charge is 0.508 e. The Morgan fingerprint density at radius 2 is 1.18 bits per heavy atom. The molecular weight excluding hydrogens is 667 g/mol. The number of hydrogen-bond acceptors (Lipinski definition) is 8. The van der Waals surface area contributed by atoms with Crippen LogP contribution >= 0.6 is 22.7 Å². The molecule has 5 heterocycles. The van der Waals surface area contributed by atoms with E-state index in [1.54, 1.807) is 22.7 Å². The Bertz CT molecular complexity index is 2370. The molecule has 0 saturated heterocycles. The number of pyridine rings is 1. The van der Waals surface area contributed by atoms with E-state index in [-0.39, 0.29) is 6.04 Å². The highest BCUT2D eigenvalue weighted by atomic mass is 32.1. The summed E-state index contributed by atoms with van der Waals surface area (Å²) in [5.74, 6) is 0.332. The van der Waals surface area contributed by atoms with Gasteiger partial charge in [-0.05, 0) is 139 Å².